The molecule has 2 aliphatic heterocycles. The van der Waals surface area contributed by atoms with Gasteiger partial charge in [-0.25, -0.2) is 4.90 Å². The van der Waals surface area contributed by atoms with Crippen molar-refractivity contribution in [1.29, 1.82) is 0 Å². The number of benzene rings is 3. The summed E-state index contributed by atoms with van der Waals surface area (Å²) in [7, 11) is 0. The molecule has 3 atom stereocenters. The fraction of sp³-hybridized carbons (Fsp3) is 0.179. The van der Waals surface area contributed by atoms with Crippen LogP contribution in [-0.2, 0) is 16.2 Å². The van der Waals surface area contributed by atoms with Crippen LogP contribution in [-0.4, -0.2) is 22.0 Å². The number of aromatic nitrogens is 1. The van der Waals surface area contributed by atoms with Crippen LogP contribution in [0.25, 0.3) is 0 Å². The Bertz CT molecular complexity index is 1630. The van der Waals surface area contributed by atoms with Gasteiger partial charge in [0, 0.05) is 25.9 Å². The van der Waals surface area contributed by atoms with Gasteiger partial charge < -0.3 is 9.72 Å². The first-order valence-electron chi connectivity index (χ1n) is 11.8. The average Bonchev–Trinajstić information content (AvgIpc) is 3.38. The Balaban J connectivity index is 1.45. The average molecular weight is 628 g/mol. The molecule has 192 valence electrons. The molecule has 6 rings (SSSR count). The van der Waals surface area contributed by atoms with E-state index >= 15 is 0 Å². The van der Waals surface area contributed by atoms with Gasteiger partial charge in [0.05, 0.1) is 16.6 Å². The Morgan fingerprint density at radius 3 is 2.58 bits per heavy atom. The maximum atomic E-state index is 14.0. The molecule has 0 spiro atoms. The van der Waals surface area contributed by atoms with Crippen molar-refractivity contribution in [3.63, 3.8) is 0 Å². The largest absolute Gasteiger partial charge is 0.489 e. The molecule has 1 aromatic heterocycles. The van der Waals surface area contributed by atoms with Crippen LogP contribution in [0, 0.1) is 12.8 Å². The Hall–Kier alpha value is -2.85. The number of carbonyl (C=O) groups excluding carboxylic acids is 2. The quantitative estimate of drug-likeness (QED) is 0.255. The maximum absolute atomic E-state index is 14.0. The van der Waals surface area contributed by atoms with Gasteiger partial charge in [-0.05, 0) is 55.0 Å². The summed E-state index contributed by atoms with van der Waals surface area (Å²) in [5.41, 5.74) is 3.37. The lowest BCUT2D eigenvalue weighted by atomic mass is 9.82. The van der Waals surface area contributed by atoms with Gasteiger partial charge in [-0.2, -0.15) is 0 Å². The number of carbonyl (C=O) groups is 2. The number of hydrogen-bond acceptors (Lipinski definition) is 6. The summed E-state index contributed by atoms with van der Waals surface area (Å²) in [6.07, 6.45) is 0. The van der Waals surface area contributed by atoms with Crippen molar-refractivity contribution >= 4 is 68.1 Å². The molecule has 10 heteroatoms. The topological polar surface area (TPSA) is 79.5 Å². The Kier molecular flexibility index (Phi) is 6.72. The zero-order chi connectivity index (χ0) is 26.6. The summed E-state index contributed by atoms with van der Waals surface area (Å²) in [4.78, 5) is 44.7. The van der Waals surface area contributed by atoms with Crippen molar-refractivity contribution in [2.75, 3.05) is 4.90 Å². The SMILES string of the molecule is Cc1cccc(COc2ccc(Br)cc2[C@@H]2c3sc(=O)[nH]c3S[C@H]3C(=O)N(c4ccc(Cl)cc4)C(=O)[C@@H]23)c1. The van der Waals surface area contributed by atoms with Crippen molar-refractivity contribution in [2.24, 2.45) is 5.92 Å². The number of imide groups is 1. The molecule has 3 heterocycles. The molecule has 1 saturated heterocycles. The smallest absolute Gasteiger partial charge is 0.305 e. The number of hydrogen-bond donors (Lipinski definition) is 1. The predicted octanol–water partition coefficient (Wildman–Crippen LogP) is 6.54. The molecular weight excluding hydrogens is 608 g/mol. The molecular formula is C28H20BrClN2O4S2. The molecule has 0 radical (unpaired) electrons. The molecule has 4 aromatic rings. The third-order valence-corrected chi connectivity index (χ3v) is 9.84. The summed E-state index contributed by atoms with van der Waals surface area (Å²) < 4.78 is 7.11. The van der Waals surface area contributed by atoms with E-state index in [2.05, 4.69) is 27.0 Å². The normalized spacial score (nSPS) is 20.4. The van der Waals surface area contributed by atoms with Crippen LogP contribution in [0.5, 0.6) is 5.75 Å². The van der Waals surface area contributed by atoms with Crippen LogP contribution in [0.4, 0.5) is 5.69 Å². The van der Waals surface area contributed by atoms with Crippen LogP contribution < -0.4 is 14.5 Å². The maximum Gasteiger partial charge on any atom is 0.305 e. The summed E-state index contributed by atoms with van der Waals surface area (Å²) in [6.45, 7) is 2.37. The van der Waals surface area contributed by atoms with E-state index in [1.165, 1.54) is 16.7 Å². The van der Waals surface area contributed by atoms with E-state index in [9.17, 15) is 14.4 Å². The van der Waals surface area contributed by atoms with Gasteiger partial charge in [0.1, 0.15) is 17.6 Å². The van der Waals surface area contributed by atoms with Crippen molar-refractivity contribution in [1.82, 2.24) is 4.98 Å². The van der Waals surface area contributed by atoms with E-state index in [0.29, 0.717) is 28.1 Å². The Labute approximate surface area is 240 Å². The number of halogens is 2. The van der Waals surface area contributed by atoms with Crippen molar-refractivity contribution in [2.45, 2.75) is 29.7 Å². The molecule has 0 bridgehead atoms. The highest BCUT2D eigenvalue weighted by atomic mass is 79.9. The standard InChI is InChI=1S/C28H20BrClN2O4S2/c1-14-3-2-4-15(11-14)13-36-20-10-5-16(29)12-19(20)21-22-24(37-25-23(21)38-28(35)31-25)27(34)32(26(22)33)18-8-6-17(30)7-9-18/h2-12,21-22,24H,13H2,1H3,(H,31,35)/t21-,22-,24+/m0/s1. The summed E-state index contributed by atoms with van der Waals surface area (Å²) in [6, 6.07) is 20.4. The number of ether oxygens (including phenoxy) is 1. The molecule has 2 aliphatic rings. The second kappa shape index (κ2) is 10.0. The highest BCUT2D eigenvalue weighted by molar-refractivity contribution is 9.10. The van der Waals surface area contributed by atoms with Gasteiger partial charge in [-0.3, -0.25) is 14.4 Å². The van der Waals surface area contributed by atoms with Crippen LogP contribution in [0.2, 0.25) is 5.02 Å². The molecule has 3 aromatic carbocycles. The number of nitrogens with zero attached hydrogens (tertiary/aromatic N) is 1. The second-order valence-electron chi connectivity index (χ2n) is 9.20. The van der Waals surface area contributed by atoms with Crippen LogP contribution in [0.1, 0.15) is 27.5 Å². The lowest BCUT2D eigenvalue weighted by Crippen LogP contribution is -2.32. The number of nitrogens with one attached hydrogen (secondary N) is 1. The number of thioether (sulfide) groups is 1. The van der Waals surface area contributed by atoms with Gasteiger partial charge in [0.2, 0.25) is 11.8 Å². The molecule has 1 fully saturated rings. The number of aryl methyl sites for hydroxylation is 1. The highest BCUT2D eigenvalue weighted by Crippen LogP contribution is 2.54. The predicted molar refractivity (Wildman–Crippen MR) is 154 cm³/mol. The molecule has 0 unspecified atom stereocenters. The lowest BCUT2D eigenvalue weighted by Gasteiger charge is -2.31. The van der Waals surface area contributed by atoms with Crippen LogP contribution in [0.3, 0.4) is 0 Å². The van der Waals surface area contributed by atoms with Crippen molar-refractivity contribution in [3.05, 3.63) is 107 Å². The summed E-state index contributed by atoms with van der Waals surface area (Å²) >= 11 is 11.9. The van der Waals surface area contributed by atoms with E-state index < -0.39 is 17.1 Å². The van der Waals surface area contributed by atoms with Gasteiger partial charge in [-0.15, -0.1) is 0 Å². The minimum absolute atomic E-state index is 0.223. The zero-order valence-electron chi connectivity index (χ0n) is 19.9. The number of thiazole rings is 1. The third kappa shape index (κ3) is 4.51. The fourth-order valence-corrected chi connectivity index (χ4v) is 8.06. The van der Waals surface area contributed by atoms with Gasteiger partial charge in [0.25, 0.3) is 0 Å². The number of fused-ring (bicyclic) bond motifs is 2. The highest BCUT2D eigenvalue weighted by Gasteiger charge is 2.56. The van der Waals surface area contributed by atoms with Crippen LogP contribution in [0.15, 0.2) is 81.0 Å². The Morgan fingerprint density at radius 1 is 1.03 bits per heavy atom. The summed E-state index contributed by atoms with van der Waals surface area (Å²) in [5, 5.41) is 0.446. The summed E-state index contributed by atoms with van der Waals surface area (Å²) in [5.74, 6) is -1.28. The van der Waals surface area contributed by atoms with E-state index in [0.717, 1.165) is 37.4 Å². The van der Waals surface area contributed by atoms with E-state index in [-0.39, 0.29) is 16.7 Å². The first kappa shape index (κ1) is 25.4. The molecule has 2 amide bonds. The van der Waals surface area contributed by atoms with E-state index in [1.807, 2.05) is 43.3 Å². The molecule has 1 N–H and O–H groups in total. The first-order chi connectivity index (χ1) is 18.3. The second-order valence-corrected chi connectivity index (χ2v) is 12.7. The molecule has 0 saturated carbocycles. The number of anilines is 1. The van der Waals surface area contributed by atoms with Crippen LogP contribution >= 0.6 is 50.6 Å². The van der Waals surface area contributed by atoms with Crippen molar-refractivity contribution in [3.8, 4) is 5.75 Å². The van der Waals surface area contributed by atoms with Gasteiger partial charge in [-0.1, -0.05) is 80.5 Å². The molecule has 0 aliphatic carbocycles. The number of H-pyrrole nitrogens is 1. The number of amides is 2. The minimum Gasteiger partial charge on any atom is -0.489 e. The molecule has 6 nitrogen and oxygen atoms in total. The number of aromatic amines is 1. The van der Waals surface area contributed by atoms with Crippen molar-refractivity contribution < 1.29 is 14.3 Å². The van der Waals surface area contributed by atoms with Gasteiger partial charge >= 0.3 is 4.87 Å². The van der Waals surface area contributed by atoms with E-state index in [4.69, 9.17) is 16.3 Å². The zero-order valence-corrected chi connectivity index (χ0v) is 23.9. The molecule has 38 heavy (non-hydrogen) atoms. The lowest BCUT2D eigenvalue weighted by molar-refractivity contribution is -0.122. The monoisotopic (exact) mass is 626 g/mol. The third-order valence-electron chi connectivity index (χ3n) is 6.69. The van der Waals surface area contributed by atoms with Gasteiger partial charge in [0.15, 0.2) is 0 Å². The minimum atomic E-state index is -0.710. The number of rotatable bonds is 5. The Morgan fingerprint density at radius 2 is 1.82 bits per heavy atom. The fourth-order valence-electron chi connectivity index (χ4n) is 5.05. The first-order valence-corrected chi connectivity index (χ1v) is 14.7. The van der Waals surface area contributed by atoms with E-state index in [1.54, 1.807) is 24.3 Å².